The average molecular weight is 583 g/mol. The molecule has 2 heteroatoms. The molecule has 0 amide bonds. The SMILES string of the molecule is CC1(C)c2cc(-c3ccc4c(c3)sc3ccccc34)cc3ccc4cc(-c5ccc6c(c5)sc5ccccc56)cc1c4c23. The summed E-state index contributed by atoms with van der Waals surface area (Å²) in [6, 6.07) is 46.0. The van der Waals surface area contributed by atoms with Crippen molar-refractivity contribution < 1.29 is 0 Å². The van der Waals surface area contributed by atoms with Crippen molar-refractivity contribution >= 4 is 84.6 Å². The topological polar surface area (TPSA) is 0 Å². The predicted molar refractivity (Wildman–Crippen MR) is 190 cm³/mol. The fraction of sp³-hybridized carbons (Fsp3) is 0.0732. The minimum absolute atomic E-state index is 0.0877. The first-order valence-corrected chi connectivity index (χ1v) is 16.6. The van der Waals surface area contributed by atoms with Gasteiger partial charge in [0.1, 0.15) is 0 Å². The Labute approximate surface area is 257 Å². The zero-order valence-corrected chi connectivity index (χ0v) is 25.5. The van der Waals surface area contributed by atoms with Crippen molar-refractivity contribution in [1.29, 1.82) is 0 Å². The van der Waals surface area contributed by atoms with Crippen LogP contribution in [-0.4, -0.2) is 0 Å². The third kappa shape index (κ3) is 3.25. The predicted octanol–water partition coefficient (Wildman–Crippen LogP) is 12.7. The van der Waals surface area contributed by atoms with Crippen LogP contribution in [0.4, 0.5) is 0 Å². The molecule has 0 bridgehead atoms. The molecule has 2 heterocycles. The summed E-state index contributed by atoms with van der Waals surface area (Å²) in [6.07, 6.45) is 0. The summed E-state index contributed by atoms with van der Waals surface area (Å²) < 4.78 is 5.42. The van der Waals surface area contributed by atoms with Crippen LogP contribution in [0.15, 0.2) is 121 Å². The summed E-state index contributed by atoms with van der Waals surface area (Å²) in [6.45, 7) is 4.82. The van der Waals surface area contributed by atoms with E-state index in [0.717, 1.165) is 0 Å². The molecule has 0 saturated carbocycles. The van der Waals surface area contributed by atoms with Crippen LogP contribution in [0.25, 0.3) is 84.1 Å². The molecule has 7 aromatic carbocycles. The van der Waals surface area contributed by atoms with E-state index in [9.17, 15) is 0 Å². The van der Waals surface area contributed by atoms with Gasteiger partial charge in [0.05, 0.1) is 0 Å². The van der Waals surface area contributed by atoms with Gasteiger partial charge in [0.2, 0.25) is 0 Å². The lowest BCUT2D eigenvalue weighted by Crippen LogP contribution is -2.15. The second-order valence-corrected chi connectivity index (χ2v) is 14.7. The molecule has 1 aliphatic rings. The van der Waals surface area contributed by atoms with E-state index in [4.69, 9.17) is 0 Å². The lowest BCUT2D eigenvalue weighted by atomic mass is 9.80. The van der Waals surface area contributed by atoms with Crippen molar-refractivity contribution in [3.8, 4) is 22.3 Å². The normalized spacial score (nSPS) is 14.0. The van der Waals surface area contributed by atoms with Crippen LogP contribution in [0.5, 0.6) is 0 Å². The monoisotopic (exact) mass is 582 g/mol. The molecule has 0 unspecified atom stereocenters. The highest BCUT2D eigenvalue weighted by Gasteiger charge is 2.35. The molecule has 1 aliphatic carbocycles. The Balaban J connectivity index is 1.14. The molecule has 0 N–H and O–H groups in total. The van der Waals surface area contributed by atoms with E-state index in [0.29, 0.717) is 0 Å². The molecule has 9 aromatic rings. The van der Waals surface area contributed by atoms with E-state index >= 15 is 0 Å². The maximum atomic E-state index is 2.47. The van der Waals surface area contributed by atoms with E-state index in [1.54, 1.807) is 0 Å². The van der Waals surface area contributed by atoms with Gasteiger partial charge in [-0.05, 0) is 103 Å². The van der Waals surface area contributed by atoms with Gasteiger partial charge in [-0.3, -0.25) is 0 Å². The standard InChI is InChI=1S/C41H26S2/c1-41(2)33-19-27(23-13-15-31-29-7-3-5-9-35(29)42-37(31)21-23)17-25-11-12-26-18-28(20-34(41)40(26)39(25)33)24-14-16-32-30-8-4-6-10-36(30)43-38(32)22-24/h3-22H,1-2H3. The van der Waals surface area contributed by atoms with Crippen molar-refractivity contribution in [2.45, 2.75) is 19.3 Å². The minimum atomic E-state index is -0.0877. The summed E-state index contributed by atoms with van der Waals surface area (Å²) in [4.78, 5) is 0. The largest absolute Gasteiger partial charge is 0.135 e. The molecule has 0 spiro atoms. The van der Waals surface area contributed by atoms with Crippen molar-refractivity contribution in [2.75, 3.05) is 0 Å². The van der Waals surface area contributed by atoms with Crippen LogP contribution in [0.1, 0.15) is 25.0 Å². The molecule has 0 saturated heterocycles. The molecule has 0 radical (unpaired) electrons. The van der Waals surface area contributed by atoms with Crippen molar-refractivity contribution in [1.82, 2.24) is 0 Å². The highest BCUT2D eigenvalue weighted by Crippen LogP contribution is 2.51. The highest BCUT2D eigenvalue weighted by atomic mass is 32.1. The number of benzene rings is 7. The number of rotatable bonds is 2. The summed E-state index contributed by atoms with van der Waals surface area (Å²) >= 11 is 3.79. The Kier molecular flexibility index (Phi) is 4.64. The van der Waals surface area contributed by atoms with Gasteiger partial charge in [0.15, 0.2) is 0 Å². The third-order valence-corrected chi connectivity index (χ3v) is 12.1. The number of fused-ring (bicyclic) bond motifs is 6. The summed E-state index contributed by atoms with van der Waals surface area (Å²) in [7, 11) is 0. The second-order valence-electron chi connectivity index (χ2n) is 12.6. The van der Waals surface area contributed by atoms with Gasteiger partial charge in [-0.1, -0.05) is 86.6 Å². The van der Waals surface area contributed by atoms with Crippen molar-refractivity contribution in [3.05, 3.63) is 132 Å². The van der Waals surface area contributed by atoms with Crippen LogP contribution in [-0.2, 0) is 5.41 Å². The number of hydrogen-bond donors (Lipinski definition) is 0. The van der Waals surface area contributed by atoms with Crippen molar-refractivity contribution in [3.63, 3.8) is 0 Å². The van der Waals surface area contributed by atoms with Gasteiger partial charge in [0, 0.05) is 45.8 Å². The Hall–Kier alpha value is -4.50. The lowest BCUT2D eigenvalue weighted by molar-refractivity contribution is 0.663. The van der Waals surface area contributed by atoms with E-state index in [-0.39, 0.29) is 5.41 Å². The van der Waals surface area contributed by atoms with Crippen LogP contribution in [0.2, 0.25) is 0 Å². The van der Waals surface area contributed by atoms with Gasteiger partial charge < -0.3 is 0 Å². The molecule has 2 aromatic heterocycles. The zero-order valence-electron chi connectivity index (χ0n) is 23.9. The second kappa shape index (κ2) is 8.32. The molecule has 0 aliphatic heterocycles. The van der Waals surface area contributed by atoms with Gasteiger partial charge in [-0.15, -0.1) is 22.7 Å². The molecule has 0 fully saturated rings. The maximum Gasteiger partial charge on any atom is 0.0361 e. The average Bonchev–Trinajstić information content (AvgIpc) is 3.67. The van der Waals surface area contributed by atoms with Crippen LogP contribution >= 0.6 is 22.7 Å². The molecular weight excluding hydrogens is 557 g/mol. The van der Waals surface area contributed by atoms with Gasteiger partial charge in [0.25, 0.3) is 0 Å². The fourth-order valence-corrected chi connectivity index (χ4v) is 9.90. The molecule has 0 nitrogen and oxygen atoms in total. The number of hydrogen-bond acceptors (Lipinski definition) is 2. The summed E-state index contributed by atoms with van der Waals surface area (Å²) in [5.74, 6) is 0. The number of thiophene rings is 2. The Morgan fingerprint density at radius 3 is 1.33 bits per heavy atom. The smallest absolute Gasteiger partial charge is 0.0361 e. The van der Waals surface area contributed by atoms with Gasteiger partial charge in [-0.25, -0.2) is 0 Å². The molecule has 0 atom stereocenters. The van der Waals surface area contributed by atoms with Gasteiger partial charge in [-0.2, -0.15) is 0 Å². The Bertz CT molecular complexity index is 2460. The van der Waals surface area contributed by atoms with Crippen LogP contribution in [0.3, 0.4) is 0 Å². The summed E-state index contributed by atoms with van der Waals surface area (Å²) in [5, 5.41) is 10.9. The first kappa shape index (κ1) is 24.0. The van der Waals surface area contributed by atoms with E-state index in [1.807, 2.05) is 22.7 Å². The van der Waals surface area contributed by atoms with Crippen LogP contribution < -0.4 is 0 Å². The van der Waals surface area contributed by atoms with Crippen molar-refractivity contribution in [2.24, 2.45) is 0 Å². The van der Waals surface area contributed by atoms with Crippen LogP contribution in [0, 0.1) is 0 Å². The highest BCUT2D eigenvalue weighted by molar-refractivity contribution is 7.26. The molecule has 202 valence electrons. The molecule has 10 rings (SSSR count). The quantitative estimate of drug-likeness (QED) is 0.178. The third-order valence-electron chi connectivity index (χ3n) is 9.80. The van der Waals surface area contributed by atoms with E-state index in [2.05, 4.69) is 135 Å². The first-order chi connectivity index (χ1) is 21.0. The molecule has 43 heavy (non-hydrogen) atoms. The maximum absolute atomic E-state index is 2.47. The minimum Gasteiger partial charge on any atom is -0.135 e. The van der Waals surface area contributed by atoms with Gasteiger partial charge >= 0.3 is 0 Å². The lowest BCUT2D eigenvalue weighted by Gasteiger charge is -2.23. The Morgan fingerprint density at radius 1 is 0.395 bits per heavy atom. The first-order valence-electron chi connectivity index (χ1n) is 14.9. The van der Waals surface area contributed by atoms with E-state index < -0.39 is 0 Å². The summed E-state index contributed by atoms with van der Waals surface area (Å²) in [5.41, 5.74) is 7.98. The zero-order chi connectivity index (χ0) is 28.4. The van der Waals surface area contributed by atoms with E-state index in [1.165, 1.54) is 95.3 Å². The fourth-order valence-electron chi connectivity index (χ4n) is 7.60. The molecular formula is C41H26S2. The Morgan fingerprint density at radius 2 is 0.837 bits per heavy atom.